The Bertz CT molecular complexity index is 1590. The zero-order chi connectivity index (χ0) is 42.6. The number of primary amides is 3. The summed E-state index contributed by atoms with van der Waals surface area (Å²) >= 11 is 1.36. The summed E-state index contributed by atoms with van der Waals surface area (Å²) in [4.78, 5) is 126. The third-order valence-electron chi connectivity index (χ3n) is 7.34. The van der Waals surface area contributed by atoms with Gasteiger partial charge >= 0.3 is 12.1 Å². The number of nitrogens with one attached hydrogen (secondary N) is 6. The van der Waals surface area contributed by atoms with E-state index in [0.29, 0.717) is 11.3 Å². The predicted octanol–water partition coefficient (Wildman–Crippen LogP) is -2.97. The lowest BCUT2D eigenvalue weighted by atomic mass is 10.0. The number of alkyl carbamates (subject to hydrolysis) is 1. The Hall–Kier alpha value is -5.93. The molecule has 13 N–H and O–H groups in total. The fourth-order valence-corrected chi connectivity index (χ4v) is 5.24. The maximum Gasteiger partial charge on any atom is 0.408 e. The van der Waals surface area contributed by atoms with Crippen LogP contribution in [0.25, 0.3) is 0 Å². The third kappa shape index (κ3) is 19.9. The monoisotopic (exact) mass is 809 g/mol. The van der Waals surface area contributed by atoms with E-state index in [0.717, 1.165) is 0 Å². The van der Waals surface area contributed by atoms with E-state index in [1.54, 1.807) is 57.4 Å². The number of nitrogens with two attached hydrogens (primary N) is 3. The summed E-state index contributed by atoms with van der Waals surface area (Å²) < 4.78 is 5.22. The van der Waals surface area contributed by atoms with Gasteiger partial charge in [0.1, 0.15) is 42.4 Å². The Morgan fingerprint density at radius 1 is 0.661 bits per heavy atom. The highest BCUT2D eigenvalue weighted by molar-refractivity contribution is 7.98. The molecule has 1 aromatic carbocycles. The van der Waals surface area contributed by atoms with Crippen molar-refractivity contribution in [2.45, 2.75) is 95.1 Å². The maximum atomic E-state index is 13.7. The van der Waals surface area contributed by atoms with Crippen molar-refractivity contribution in [2.24, 2.45) is 17.2 Å². The number of hydrogen-bond donors (Lipinski definition) is 10. The van der Waals surface area contributed by atoms with Gasteiger partial charge in [-0.1, -0.05) is 30.3 Å². The number of benzene rings is 1. The van der Waals surface area contributed by atoms with Crippen LogP contribution >= 0.6 is 11.8 Å². The summed E-state index contributed by atoms with van der Waals surface area (Å²) in [6, 6.07) is 0.433. The van der Waals surface area contributed by atoms with Crippen molar-refractivity contribution in [1.82, 2.24) is 31.9 Å². The van der Waals surface area contributed by atoms with Gasteiger partial charge in [0.05, 0.1) is 12.8 Å². The topological polar surface area (TPSA) is 350 Å². The lowest BCUT2D eigenvalue weighted by molar-refractivity contribution is -0.139. The van der Waals surface area contributed by atoms with E-state index in [9.17, 15) is 47.9 Å². The summed E-state index contributed by atoms with van der Waals surface area (Å²) in [7, 11) is 0. The van der Waals surface area contributed by atoms with Gasteiger partial charge in [-0.15, -0.1) is 0 Å². The zero-order valence-corrected chi connectivity index (χ0v) is 32.3. The van der Waals surface area contributed by atoms with Crippen molar-refractivity contribution < 1.29 is 57.8 Å². The molecule has 0 heterocycles. The van der Waals surface area contributed by atoms with E-state index >= 15 is 0 Å². The molecule has 0 radical (unpaired) electrons. The number of amides is 9. The summed E-state index contributed by atoms with van der Waals surface area (Å²) in [5.41, 5.74) is 15.5. The van der Waals surface area contributed by atoms with Crippen molar-refractivity contribution >= 4 is 71.1 Å². The first kappa shape index (κ1) is 48.1. The summed E-state index contributed by atoms with van der Waals surface area (Å²) in [5.74, 6) is -9.10. The van der Waals surface area contributed by atoms with Gasteiger partial charge in [0.25, 0.3) is 0 Å². The van der Waals surface area contributed by atoms with Gasteiger partial charge in [0, 0.05) is 12.8 Å². The number of carbonyl (C=O) groups is 10. The Morgan fingerprint density at radius 2 is 1.12 bits per heavy atom. The second-order valence-electron chi connectivity index (χ2n) is 13.4. The number of carboxylic acids is 1. The van der Waals surface area contributed by atoms with Gasteiger partial charge in [-0.25, -0.2) is 4.79 Å². The molecule has 0 aliphatic carbocycles. The smallest absolute Gasteiger partial charge is 0.408 e. The molecule has 5 atom stereocenters. The van der Waals surface area contributed by atoms with Crippen molar-refractivity contribution in [3.05, 3.63) is 35.9 Å². The van der Waals surface area contributed by atoms with Crippen LogP contribution in [0.5, 0.6) is 0 Å². The lowest BCUT2D eigenvalue weighted by Gasteiger charge is -2.27. The van der Waals surface area contributed by atoms with Gasteiger partial charge in [0.2, 0.25) is 47.3 Å². The van der Waals surface area contributed by atoms with E-state index in [1.807, 2.05) is 0 Å². The van der Waals surface area contributed by atoms with Crippen molar-refractivity contribution in [2.75, 3.05) is 18.6 Å². The average molecular weight is 810 g/mol. The summed E-state index contributed by atoms with van der Waals surface area (Å²) in [6.45, 7) is 4.02. The first-order chi connectivity index (χ1) is 26.1. The van der Waals surface area contributed by atoms with E-state index < -0.39 is 115 Å². The van der Waals surface area contributed by atoms with Gasteiger partial charge in [-0.2, -0.15) is 11.8 Å². The second-order valence-corrected chi connectivity index (χ2v) is 14.4. The molecule has 1 aromatic rings. The molecule has 0 aliphatic heterocycles. The molecule has 0 unspecified atom stereocenters. The molecule has 0 fully saturated rings. The molecule has 0 saturated heterocycles. The maximum absolute atomic E-state index is 13.7. The minimum Gasteiger partial charge on any atom is -0.480 e. The van der Waals surface area contributed by atoms with Crippen LogP contribution in [0.3, 0.4) is 0 Å². The first-order valence-corrected chi connectivity index (χ1v) is 18.6. The number of rotatable bonds is 24. The largest absolute Gasteiger partial charge is 0.480 e. The molecular formula is C34H51N9O12S. The molecule has 9 amide bonds. The number of hydrogen-bond acceptors (Lipinski definition) is 12. The molecule has 0 aliphatic rings. The molecule has 0 bridgehead atoms. The van der Waals surface area contributed by atoms with Gasteiger partial charge in [-0.3, -0.25) is 43.2 Å². The standard InChI is InChI=1S/C34H51N9O12S/c1-34(2,3)55-33(54)43-20(12-13-56-4)29(50)41-22(15-25(36)45)32(53)42-23(16-26(37)46)31(52)40-21(14-18-8-6-5-7-9-18)30(51)39-19(10-11-24(35)44)28(49)38-17-27(47)48/h5-9,19-23H,10-17H2,1-4H3,(H2,35,44)(H2,36,45)(H2,37,46)(H,38,49)(H,39,51)(H,40,52)(H,41,50)(H,42,53)(H,43,54)(H,47,48)/t19-,20-,21-,22-,23-/m0/s1. The fourth-order valence-electron chi connectivity index (χ4n) is 4.76. The molecule has 0 saturated carbocycles. The van der Waals surface area contributed by atoms with E-state index in [4.69, 9.17) is 27.0 Å². The number of thioether (sulfide) groups is 1. The quantitative estimate of drug-likeness (QED) is 0.0500. The van der Waals surface area contributed by atoms with Crippen LogP contribution in [-0.4, -0.2) is 119 Å². The zero-order valence-electron chi connectivity index (χ0n) is 31.5. The highest BCUT2D eigenvalue weighted by atomic mass is 32.2. The van der Waals surface area contributed by atoms with E-state index in [-0.39, 0.29) is 25.7 Å². The van der Waals surface area contributed by atoms with Crippen LogP contribution in [0.15, 0.2) is 30.3 Å². The minimum absolute atomic E-state index is 0.0827. The van der Waals surface area contributed by atoms with Crippen LogP contribution in [0.4, 0.5) is 4.79 Å². The van der Waals surface area contributed by atoms with Crippen LogP contribution in [-0.2, 0) is 54.3 Å². The highest BCUT2D eigenvalue weighted by Crippen LogP contribution is 2.10. The average Bonchev–Trinajstić information content (AvgIpc) is 3.08. The first-order valence-electron chi connectivity index (χ1n) is 17.2. The molecule has 1 rings (SSSR count). The summed E-state index contributed by atoms with van der Waals surface area (Å²) in [6.07, 6.45) is -1.63. The molecule has 21 nitrogen and oxygen atoms in total. The van der Waals surface area contributed by atoms with E-state index in [1.165, 1.54) is 11.8 Å². The third-order valence-corrected chi connectivity index (χ3v) is 7.98. The number of ether oxygens (including phenoxy) is 1. The normalized spacial score (nSPS) is 13.6. The highest BCUT2D eigenvalue weighted by Gasteiger charge is 2.34. The number of aliphatic carboxylic acids is 1. The minimum atomic E-state index is -1.80. The van der Waals surface area contributed by atoms with Gasteiger partial charge in [-0.05, 0) is 51.2 Å². The second kappa shape index (κ2) is 23.8. The van der Waals surface area contributed by atoms with Crippen LogP contribution in [0.2, 0.25) is 0 Å². The fraction of sp³-hybridized carbons (Fsp3) is 0.529. The van der Waals surface area contributed by atoms with Crippen LogP contribution in [0.1, 0.15) is 58.4 Å². The van der Waals surface area contributed by atoms with Gasteiger partial charge in [0.15, 0.2) is 0 Å². The molecular weight excluding hydrogens is 758 g/mol. The molecule has 310 valence electrons. The SMILES string of the molecule is CSCC[C@H](NC(=O)OC(C)(C)C)C(=O)N[C@@H](CC(N)=O)C(=O)N[C@@H](CC(N)=O)C(=O)N[C@@H](Cc1ccccc1)C(=O)N[C@@H](CCC(N)=O)C(=O)NCC(=O)O. The molecule has 0 spiro atoms. The van der Waals surface area contributed by atoms with Crippen molar-refractivity contribution in [3.63, 3.8) is 0 Å². The number of carbonyl (C=O) groups excluding carboxylic acids is 9. The molecule has 22 heteroatoms. The summed E-state index contributed by atoms with van der Waals surface area (Å²) in [5, 5.41) is 22.8. The Morgan fingerprint density at radius 3 is 1.59 bits per heavy atom. The van der Waals surface area contributed by atoms with Crippen molar-refractivity contribution in [1.29, 1.82) is 0 Å². The lowest BCUT2D eigenvalue weighted by Crippen LogP contribution is -2.60. The van der Waals surface area contributed by atoms with Crippen LogP contribution < -0.4 is 49.1 Å². The Labute approximate surface area is 327 Å². The Kier molecular flexibility index (Phi) is 20.4. The molecule has 56 heavy (non-hydrogen) atoms. The van der Waals surface area contributed by atoms with Gasteiger partial charge < -0.3 is 58.9 Å². The van der Waals surface area contributed by atoms with Crippen molar-refractivity contribution in [3.8, 4) is 0 Å². The predicted molar refractivity (Wildman–Crippen MR) is 201 cm³/mol. The molecule has 0 aromatic heterocycles. The van der Waals surface area contributed by atoms with Crippen LogP contribution in [0, 0.1) is 0 Å². The Balaban J connectivity index is 3.39. The number of carboxylic acid groups (broad SMARTS) is 1. The van der Waals surface area contributed by atoms with E-state index in [2.05, 4.69) is 31.9 Å².